The second-order valence-electron chi connectivity index (χ2n) is 6.97. The van der Waals surface area contributed by atoms with Crippen molar-refractivity contribution >= 4 is 28.2 Å². The monoisotopic (exact) mass is 410 g/mol. The molecule has 0 spiro atoms. The fraction of sp³-hybridized carbons (Fsp3) is 0.318. The Kier molecular flexibility index (Phi) is 6.68. The van der Waals surface area contributed by atoms with Crippen LogP contribution in [0.15, 0.2) is 52.1 Å². The number of unbranched alkanes of at least 4 members (excludes halogenated alkanes) is 1. The number of nitrogens with two attached hydrogens (primary N) is 1. The van der Waals surface area contributed by atoms with Crippen molar-refractivity contribution in [2.45, 2.75) is 26.3 Å². The van der Waals surface area contributed by atoms with Gasteiger partial charge in [0.1, 0.15) is 5.82 Å². The summed E-state index contributed by atoms with van der Waals surface area (Å²) in [6.45, 7) is 2.65. The summed E-state index contributed by atoms with van der Waals surface area (Å²) in [5.74, 6) is -0.413. The van der Waals surface area contributed by atoms with Crippen molar-refractivity contribution in [1.29, 1.82) is 0 Å². The second kappa shape index (κ2) is 9.41. The minimum absolute atomic E-state index is 0.0260. The second-order valence-corrected chi connectivity index (χ2v) is 6.97. The van der Waals surface area contributed by atoms with Crippen molar-refractivity contribution in [2.75, 3.05) is 30.9 Å². The number of amides is 1. The number of methoxy groups -OCH3 is 1. The first kappa shape index (κ1) is 21.3. The summed E-state index contributed by atoms with van der Waals surface area (Å²) >= 11 is 0. The van der Waals surface area contributed by atoms with Gasteiger partial charge in [0.15, 0.2) is 5.69 Å². The lowest BCUT2D eigenvalue weighted by atomic mass is 10.0. The van der Waals surface area contributed by atoms with Crippen LogP contribution in [0.25, 0.3) is 10.8 Å². The number of nitrogens with zero attached hydrogens (tertiary/aromatic N) is 2. The van der Waals surface area contributed by atoms with E-state index in [9.17, 15) is 14.4 Å². The zero-order valence-electron chi connectivity index (χ0n) is 17.2. The van der Waals surface area contributed by atoms with Gasteiger partial charge in [-0.1, -0.05) is 49.7 Å². The minimum atomic E-state index is -0.699. The Morgan fingerprint density at radius 3 is 2.63 bits per heavy atom. The lowest BCUT2D eigenvalue weighted by molar-refractivity contribution is 0.0977. The van der Waals surface area contributed by atoms with E-state index in [-0.39, 0.29) is 30.6 Å². The van der Waals surface area contributed by atoms with E-state index < -0.39 is 11.2 Å². The average Bonchev–Trinajstić information content (AvgIpc) is 2.74. The van der Waals surface area contributed by atoms with E-state index in [0.29, 0.717) is 18.5 Å². The minimum Gasteiger partial charge on any atom is -0.383 e. The highest BCUT2D eigenvalue weighted by molar-refractivity contribution is 6.14. The van der Waals surface area contributed by atoms with Crippen LogP contribution in [0.3, 0.4) is 0 Å². The fourth-order valence-electron chi connectivity index (χ4n) is 3.43. The molecule has 1 amide bonds. The number of anilines is 2. The number of hydrogen-bond donors (Lipinski definition) is 2. The molecule has 0 aliphatic carbocycles. The quantitative estimate of drug-likeness (QED) is 0.592. The van der Waals surface area contributed by atoms with Crippen LogP contribution in [-0.2, 0) is 11.3 Å². The molecule has 0 saturated heterocycles. The maximum absolute atomic E-state index is 13.6. The number of benzene rings is 2. The van der Waals surface area contributed by atoms with E-state index in [1.165, 1.54) is 16.6 Å². The molecule has 0 radical (unpaired) electrons. The van der Waals surface area contributed by atoms with Crippen LogP contribution in [-0.4, -0.2) is 35.7 Å². The fourth-order valence-corrected chi connectivity index (χ4v) is 3.43. The van der Waals surface area contributed by atoms with Crippen molar-refractivity contribution in [3.63, 3.8) is 0 Å². The van der Waals surface area contributed by atoms with Gasteiger partial charge in [0.25, 0.3) is 11.5 Å². The molecule has 3 rings (SSSR count). The van der Waals surface area contributed by atoms with E-state index in [2.05, 4.69) is 4.98 Å². The summed E-state index contributed by atoms with van der Waals surface area (Å²) in [7, 11) is 1.51. The van der Waals surface area contributed by atoms with Crippen molar-refractivity contribution in [3.05, 3.63) is 68.9 Å². The third-order valence-corrected chi connectivity index (χ3v) is 5.00. The van der Waals surface area contributed by atoms with Crippen LogP contribution in [0.1, 0.15) is 30.1 Å². The van der Waals surface area contributed by atoms with E-state index in [4.69, 9.17) is 10.5 Å². The number of hydrogen-bond acceptors (Lipinski definition) is 5. The van der Waals surface area contributed by atoms with Crippen molar-refractivity contribution in [3.8, 4) is 0 Å². The molecule has 8 nitrogen and oxygen atoms in total. The van der Waals surface area contributed by atoms with E-state index in [0.717, 1.165) is 17.2 Å². The Labute approximate surface area is 173 Å². The highest BCUT2D eigenvalue weighted by Gasteiger charge is 2.26. The molecule has 0 bridgehead atoms. The topological polar surface area (TPSA) is 110 Å². The first-order chi connectivity index (χ1) is 14.5. The maximum atomic E-state index is 13.6. The van der Waals surface area contributed by atoms with Gasteiger partial charge >= 0.3 is 5.69 Å². The number of aromatic amines is 1. The predicted molar refractivity (Wildman–Crippen MR) is 118 cm³/mol. The number of nitrogen functional groups attached to an aromatic ring is 1. The zero-order valence-corrected chi connectivity index (χ0v) is 17.2. The Morgan fingerprint density at radius 2 is 1.90 bits per heavy atom. The standard InChI is InChI=1S/C22H26N4O4/c1-3-4-12-26-19(23)18(20(27)24-22(26)29)25(13-14-30-2)21(28)17-11-7-9-15-8-5-6-10-16(15)17/h5-11H,3-4,12-14,23H2,1-2H3,(H,24,27,29). The van der Waals surface area contributed by atoms with E-state index in [1.54, 1.807) is 12.1 Å². The van der Waals surface area contributed by atoms with Crippen LogP contribution in [0.4, 0.5) is 11.5 Å². The summed E-state index contributed by atoms with van der Waals surface area (Å²) in [5, 5.41) is 1.67. The van der Waals surface area contributed by atoms with Crippen LogP contribution in [0, 0.1) is 0 Å². The highest BCUT2D eigenvalue weighted by atomic mass is 16.5. The Hall–Kier alpha value is -3.39. The average molecular weight is 410 g/mol. The number of carbonyl (C=O) groups is 1. The van der Waals surface area contributed by atoms with Gasteiger partial charge in [0.05, 0.1) is 6.61 Å². The van der Waals surface area contributed by atoms with E-state index >= 15 is 0 Å². The largest absolute Gasteiger partial charge is 0.383 e. The van der Waals surface area contributed by atoms with Gasteiger partial charge in [0, 0.05) is 25.8 Å². The smallest absolute Gasteiger partial charge is 0.330 e. The molecule has 0 aliphatic rings. The summed E-state index contributed by atoms with van der Waals surface area (Å²) in [4.78, 5) is 42.1. The molecule has 8 heteroatoms. The van der Waals surface area contributed by atoms with Crippen LogP contribution in [0.5, 0.6) is 0 Å². The molecule has 1 heterocycles. The number of H-pyrrole nitrogens is 1. The van der Waals surface area contributed by atoms with Gasteiger partial charge in [-0.15, -0.1) is 0 Å². The molecular weight excluding hydrogens is 384 g/mol. The lowest BCUT2D eigenvalue weighted by Crippen LogP contribution is -2.42. The maximum Gasteiger partial charge on any atom is 0.330 e. The molecule has 158 valence electrons. The molecule has 0 fully saturated rings. The van der Waals surface area contributed by atoms with Gasteiger partial charge in [-0.2, -0.15) is 0 Å². The van der Waals surface area contributed by atoms with Crippen LogP contribution >= 0.6 is 0 Å². The molecule has 0 atom stereocenters. The molecule has 2 aromatic carbocycles. The number of carbonyl (C=O) groups excluding carboxylic acids is 1. The van der Waals surface area contributed by atoms with E-state index in [1.807, 2.05) is 37.3 Å². The number of rotatable bonds is 8. The van der Waals surface area contributed by atoms with Crippen molar-refractivity contribution in [1.82, 2.24) is 9.55 Å². The Morgan fingerprint density at radius 1 is 1.17 bits per heavy atom. The molecule has 1 aromatic heterocycles. The normalized spacial score (nSPS) is 11.0. The summed E-state index contributed by atoms with van der Waals surface area (Å²) in [5.41, 5.74) is 5.35. The van der Waals surface area contributed by atoms with Crippen molar-refractivity contribution in [2.24, 2.45) is 0 Å². The number of nitrogens with one attached hydrogen (secondary N) is 1. The van der Waals surface area contributed by atoms with Crippen LogP contribution < -0.4 is 21.9 Å². The molecule has 0 aliphatic heterocycles. The molecule has 0 unspecified atom stereocenters. The first-order valence-corrected chi connectivity index (χ1v) is 9.90. The van der Waals surface area contributed by atoms with Gasteiger partial charge in [-0.05, 0) is 23.3 Å². The Bertz CT molecular complexity index is 1160. The summed E-state index contributed by atoms with van der Waals surface area (Å²) in [6.07, 6.45) is 1.56. The SMILES string of the molecule is CCCCn1c(N)c(N(CCOC)C(=O)c2cccc3ccccc23)c(=O)[nH]c1=O. The zero-order chi connectivity index (χ0) is 21.7. The molecule has 30 heavy (non-hydrogen) atoms. The van der Waals surface area contributed by atoms with Gasteiger partial charge in [-0.25, -0.2) is 4.79 Å². The summed E-state index contributed by atoms with van der Waals surface area (Å²) in [6, 6.07) is 12.9. The van der Waals surface area contributed by atoms with Gasteiger partial charge < -0.3 is 10.5 Å². The first-order valence-electron chi connectivity index (χ1n) is 9.90. The van der Waals surface area contributed by atoms with Crippen LogP contribution in [0.2, 0.25) is 0 Å². The Balaban J connectivity index is 2.16. The highest BCUT2D eigenvalue weighted by Crippen LogP contribution is 2.24. The number of ether oxygens (including phenoxy) is 1. The van der Waals surface area contributed by atoms with Gasteiger partial charge in [0.2, 0.25) is 0 Å². The third-order valence-electron chi connectivity index (χ3n) is 5.00. The number of fused-ring (bicyclic) bond motifs is 1. The number of aromatic nitrogens is 2. The lowest BCUT2D eigenvalue weighted by Gasteiger charge is -2.25. The molecule has 3 N–H and O–H groups in total. The third kappa shape index (κ3) is 4.13. The molecule has 3 aromatic rings. The predicted octanol–water partition coefficient (Wildman–Crippen LogP) is 2.37. The van der Waals surface area contributed by atoms with Crippen molar-refractivity contribution < 1.29 is 9.53 Å². The summed E-state index contributed by atoms with van der Waals surface area (Å²) < 4.78 is 6.45. The molecular formula is C22H26N4O4. The molecule has 0 saturated carbocycles. The van der Waals surface area contributed by atoms with Gasteiger partial charge in [-0.3, -0.25) is 24.0 Å².